The van der Waals surface area contributed by atoms with E-state index in [0.29, 0.717) is 17.6 Å². The van der Waals surface area contributed by atoms with E-state index in [4.69, 9.17) is 10.5 Å². The van der Waals surface area contributed by atoms with Gasteiger partial charge in [-0.25, -0.2) is 0 Å². The first kappa shape index (κ1) is 13.0. The van der Waals surface area contributed by atoms with Crippen molar-refractivity contribution in [3.05, 3.63) is 12.1 Å². The first-order valence-corrected chi connectivity index (χ1v) is 6.41. The molecule has 18 heavy (non-hydrogen) atoms. The Bertz CT molecular complexity index is 400. The smallest absolute Gasteiger partial charge is 0.238 e. The summed E-state index contributed by atoms with van der Waals surface area (Å²) in [5.41, 5.74) is 6.36. The summed E-state index contributed by atoms with van der Waals surface area (Å²) in [7, 11) is 1.60. The van der Waals surface area contributed by atoms with Gasteiger partial charge in [0.2, 0.25) is 5.88 Å². The number of piperazine rings is 1. The molecule has 0 bridgehead atoms. The van der Waals surface area contributed by atoms with Crippen molar-refractivity contribution in [3.63, 3.8) is 0 Å². The molecule has 1 aromatic rings. The van der Waals surface area contributed by atoms with Crippen LogP contribution in [0.3, 0.4) is 0 Å². The molecular formula is C13H22N4O. The van der Waals surface area contributed by atoms with Crippen LogP contribution in [0.1, 0.15) is 13.8 Å². The zero-order valence-corrected chi connectivity index (χ0v) is 11.4. The molecule has 5 heteroatoms. The second-order valence-corrected chi connectivity index (χ2v) is 4.88. The van der Waals surface area contributed by atoms with Crippen molar-refractivity contribution >= 4 is 11.5 Å². The van der Waals surface area contributed by atoms with Crippen LogP contribution in [0.2, 0.25) is 0 Å². The molecule has 1 saturated heterocycles. The maximum atomic E-state index is 5.78. The highest BCUT2D eigenvalue weighted by Crippen LogP contribution is 2.23. The standard InChI is InChI=1S/C13H22N4O/c1-10(2)16-6-8-17(9-7-16)12-5-4-11(14)13(15-12)18-3/h4-5,10H,6-9,14H2,1-3H3. The van der Waals surface area contributed by atoms with E-state index in [1.54, 1.807) is 7.11 Å². The van der Waals surface area contributed by atoms with Crippen molar-refractivity contribution in [2.75, 3.05) is 43.9 Å². The molecule has 0 radical (unpaired) electrons. The van der Waals surface area contributed by atoms with E-state index in [9.17, 15) is 0 Å². The minimum atomic E-state index is 0.513. The van der Waals surface area contributed by atoms with Gasteiger partial charge in [0.25, 0.3) is 0 Å². The maximum Gasteiger partial charge on any atom is 0.238 e. The Balaban J connectivity index is 2.05. The number of rotatable bonds is 3. The quantitative estimate of drug-likeness (QED) is 0.873. The predicted molar refractivity (Wildman–Crippen MR) is 74.1 cm³/mol. The van der Waals surface area contributed by atoms with Gasteiger partial charge >= 0.3 is 0 Å². The molecule has 100 valence electrons. The van der Waals surface area contributed by atoms with Gasteiger partial charge in [0.05, 0.1) is 12.8 Å². The van der Waals surface area contributed by atoms with Crippen LogP contribution in [0.5, 0.6) is 5.88 Å². The molecule has 2 heterocycles. The number of anilines is 2. The van der Waals surface area contributed by atoms with Crippen LogP contribution in [0.15, 0.2) is 12.1 Å². The number of pyridine rings is 1. The van der Waals surface area contributed by atoms with Crippen LogP contribution in [0.25, 0.3) is 0 Å². The molecule has 2 rings (SSSR count). The first-order valence-electron chi connectivity index (χ1n) is 6.41. The minimum absolute atomic E-state index is 0.513. The number of aromatic nitrogens is 1. The molecular weight excluding hydrogens is 228 g/mol. The van der Waals surface area contributed by atoms with Gasteiger partial charge in [-0.3, -0.25) is 4.90 Å². The van der Waals surface area contributed by atoms with Gasteiger partial charge in [-0.1, -0.05) is 0 Å². The van der Waals surface area contributed by atoms with Crippen LogP contribution in [0, 0.1) is 0 Å². The van der Waals surface area contributed by atoms with Gasteiger partial charge in [-0.2, -0.15) is 4.98 Å². The lowest BCUT2D eigenvalue weighted by Crippen LogP contribution is -2.49. The summed E-state index contributed by atoms with van der Waals surface area (Å²) in [5.74, 6) is 1.46. The van der Waals surface area contributed by atoms with Gasteiger partial charge in [-0.05, 0) is 26.0 Å². The number of ether oxygens (including phenoxy) is 1. The monoisotopic (exact) mass is 250 g/mol. The van der Waals surface area contributed by atoms with Crippen molar-refractivity contribution in [2.45, 2.75) is 19.9 Å². The molecule has 1 aliphatic rings. The van der Waals surface area contributed by atoms with E-state index in [0.717, 1.165) is 32.0 Å². The van der Waals surface area contributed by atoms with E-state index >= 15 is 0 Å². The molecule has 0 amide bonds. The zero-order valence-electron chi connectivity index (χ0n) is 11.4. The molecule has 0 saturated carbocycles. The molecule has 1 fully saturated rings. The van der Waals surface area contributed by atoms with E-state index in [2.05, 4.69) is 28.6 Å². The number of hydrogen-bond acceptors (Lipinski definition) is 5. The number of hydrogen-bond donors (Lipinski definition) is 1. The van der Waals surface area contributed by atoms with Crippen molar-refractivity contribution in [2.24, 2.45) is 0 Å². The van der Waals surface area contributed by atoms with Crippen LogP contribution >= 0.6 is 0 Å². The third-order valence-electron chi connectivity index (χ3n) is 3.44. The lowest BCUT2D eigenvalue weighted by atomic mass is 10.2. The zero-order chi connectivity index (χ0) is 13.1. The lowest BCUT2D eigenvalue weighted by molar-refractivity contribution is 0.209. The highest BCUT2D eigenvalue weighted by molar-refractivity contribution is 5.54. The van der Waals surface area contributed by atoms with Crippen LogP contribution in [-0.4, -0.2) is 49.2 Å². The number of nitrogen functional groups attached to an aromatic ring is 1. The molecule has 0 spiro atoms. The fourth-order valence-electron chi connectivity index (χ4n) is 2.25. The van der Waals surface area contributed by atoms with Crippen molar-refractivity contribution in [1.29, 1.82) is 0 Å². The SMILES string of the molecule is COc1nc(N2CCN(C(C)C)CC2)ccc1N. The van der Waals surface area contributed by atoms with Gasteiger partial charge in [-0.15, -0.1) is 0 Å². The molecule has 0 aliphatic carbocycles. The first-order chi connectivity index (χ1) is 8.61. The Kier molecular flexibility index (Phi) is 3.91. The number of nitrogens with two attached hydrogens (primary N) is 1. The van der Waals surface area contributed by atoms with Gasteiger partial charge in [0.15, 0.2) is 0 Å². The molecule has 2 N–H and O–H groups in total. The maximum absolute atomic E-state index is 5.78. The molecule has 0 aromatic carbocycles. The van der Waals surface area contributed by atoms with E-state index < -0.39 is 0 Å². The number of nitrogens with zero attached hydrogens (tertiary/aromatic N) is 3. The van der Waals surface area contributed by atoms with Crippen molar-refractivity contribution in [3.8, 4) is 5.88 Å². The van der Waals surface area contributed by atoms with Crippen LogP contribution in [0.4, 0.5) is 11.5 Å². The minimum Gasteiger partial charge on any atom is -0.479 e. The third-order valence-corrected chi connectivity index (χ3v) is 3.44. The Morgan fingerprint density at radius 3 is 2.44 bits per heavy atom. The average molecular weight is 250 g/mol. The Morgan fingerprint density at radius 2 is 1.89 bits per heavy atom. The predicted octanol–water partition coefficient (Wildman–Crippen LogP) is 1.20. The lowest BCUT2D eigenvalue weighted by Gasteiger charge is -2.37. The summed E-state index contributed by atoms with van der Waals surface area (Å²) >= 11 is 0. The molecule has 1 aromatic heterocycles. The fraction of sp³-hybridized carbons (Fsp3) is 0.615. The Labute approximate surface area is 109 Å². The largest absolute Gasteiger partial charge is 0.479 e. The fourth-order valence-corrected chi connectivity index (χ4v) is 2.25. The van der Waals surface area contributed by atoms with E-state index in [-0.39, 0.29) is 0 Å². The number of methoxy groups -OCH3 is 1. The highest BCUT2D eigenvalue weighted by Gasteiger charge is 2.20. The van der Waals surface area contributed by atoms with Crippen molar-refractivity contribution in [1.82, 2.24) is 9.88 Å². The summed E-state index contributed by atoms with van der Waals surface area (Å²) in [5, 5.41) is 0. The van der Waals surface area contributed by atoms with Crippen LogP contribution in [-0.2, 0) is 0 Å². The Hall–Kier alpha value is -1.49. The summed E-state index contributed by atoms with van der Waals surface area (Å²) in [4.78, 5) is 9.20. The van der Waals surface area contributed by atoms with Gasteiger partial charge in [0, 0.05) is 32.2 Å². The van der Waals surface area contributed by atoms with Gasteiger partial charge in [0.1, 0.15) is 5.82 Å². The summed E-state index contributed by atoms with van der Waals surface area (Å²) in [6.07, 6.45) is 0. The van der Waals surface area contributed by atoms with Crippen molar-refractivity contribution < 1.29 is 4.74 Å². The average Bonchev–Trinajstić information content (AvgIpc) is 2.39. The topological polar surface area (TPSA) is 54.6 Å². The molecule has 0 unspecified atom stereocenters. The normalized spacial score (nSPS) is 17.2. The summed E-state index contributed by atoms with van der Waals surface area (Å²) < 4.78 is 5.16. The summed E-state index contributed by atoms with van der Waals surface area (Å²) in [6.45, 7) is 8.62. The van der Waals surface area contributed by atoms with E-state index in [1.807, 2.05) is 12.1 Å². The third kappa shape index (κ3) is 2.67. The molecule has 0 atom stereocenters. The Morgan fingerprint density at radius 1 is 1.22 bits per heavy atom. The van der Waals surface area contributed by atoms with Crippen LogP contribution < -0.4 is 15.4 Å². The highest BCUT2D eigenvalue weighted by atomic mass is 16.5. The molecule has 5 nitrogen and oxygen atoms in total. The van der Waals surface area contributed by atoms with E-state index in [1.165, 1.54) is 0 Å². The van der Waals surface area contributed by atoms with Gasteiger partial charge < -0.3 is 15.4 Å². The molecule has 1 aliphatic heterocycles. The second kappa shape index (κ2) is 5.44. The second-order valence-electron chi connectivity index (χ2n) is 4.88. The summed E-state index contributed by atoms with van der Waals surface area (Å²) in [6, 6.07) is 4.43.